The van der Waals surface area contributed by atoms with Gasteiger partial charge < -0.3 is 4.57 Å². The lowest BCUT2D eigenvalue weighted by atomic mass is 10.1. The molecular formula is C24H20N4O5. The lowest BCUT2D eigenvalue weighted by Crippen LogP contribution is -2.54. The van der Waals surface area contributed by atoms with Crippen molar-refractivity contribution < 1.29 is 19.3 Å². The molecular weight excluding hydrogens is 424 g/mol. The quantitative estimate of drug-likeness (QED) is 0.283. The number of aryl methyl sites for hydroxylation is 2. The lowest BCUT2D eigenvalue weighted by Gasteiger charge is -2.26. The summed E-state index contributed by atoms with van der Waals surface area (Å²) in [7, 11) is 0. The molecule has 2 aromatic carbocycles. The molecule has 33 heavy (non-hydrogen) atoms. The summed E-state index contributed by atoms with van der Waals surface area (Å²) < 4.78 is 1.87. The third-order valence-electron chi connectivity index (χ3n) is 5.45. The van der Waals surface area contributed by atoms with E-state index in [0.717, 1.165) is 21.9 Å². The number of imide groups is 2. The first-order chi connectivity index (χ1) is 15.7. The van der Waals surface area contributed by atoms with Crippen LogP contribution in [0.5, 0.6) is 0 Å². The summed E-state index contributed by atoms with van der Waals surface area (Å²) in [6, 6.07) is 14.0. The second-order valence-corrected chi connectivity index (χ2v) is 7.73. The highest BCUT2D eigenvalue weighted by Gasteiger charge is 2.37. The van der Waals surface area contributed by atoms with Gasteiger partial charge in [-0.25, -0.2) is 9.69 Å². The van der Waals surface area contributed by atoms with Gasteiger partial charge in [-0.1, -0.05) is 12.1 Å². The van der Waals surface area contributed by atoms with E-state index in [9.17, 15) is 24.5 Å². The van der Waals surface area contributed by atoms with Gasteiger partial charge in [-0.15, -0.1) is 0 Å². The number of carbonyl (C=O) groups excluding carboxylic acids is 3. The first-order valence-electron chi connectivity index (χ1n) is 10.1. The first kappa shape index (κ1) is 21.7. The Bertz CT molecular complexity index is 1350. The van der Waals surface area contributed by atoms with E-state index in [1.807, 2.05) is 31.4 Å². The van der Waals surface area contributed by atoms with Crippen molar-refractivity contribution in [2.45, 2.75) is 20.8 Å². The van der Waals surface area contributed by atoms with E-state index in [0.29, 0.717) is 16.9 Å². The fourth-order valence-electron chi connectivity index (χ4n) is 3.87. The number of barbiturate groups is 1. The van der Waals surface area contributed by atoms with Crippen molar-refractivity contribution in [2.75, 3.05) is 4.90 Å². The zero-order valence-corrected chi connectivity index (χ0v) is 18.2. The Hall–Kier alpha value is -4.53. The number of non-ortho nitro benzene ring substituents is 1. The van der Waals surface area contributed by atoms with Crippen molar-refractivity contribution in [1.29, 1.82) is 0 Å². The Morgan fingerprint density at radius 2 is 1.64 bits per heavy atom. The Labute approximate surface area is 189 Å². The standard InChI is InChI=1S/C24H20N4O5/c1-14-5-4-6-20(11-14)27-23(30)21(22(29)25-24(27)31)13-17-12-15(2)26(16(17)3)18-7-9-19(10-8-18)28(32)33/h4-13H,1-3H3,(H,25,29,31)/b21-13-. The number of aromatic nitrogens is 1. The molecule has 0 spiro atoms. The van der Waals surface area contributed by atoms with Crippen LogP contribution in [0, 0.1) is 30.9 Å². The third kappa shape index (κ3) is 3.91. The average molecular weight is 444 g/mol. The van der Waals surface area contributed by atoms with E-state index in [-0.39, 0.29) is 11.3 Å². The molecule has 4 rings (SSSR count). The monoisotopic (exact) mass is 444 g/mol. The topological polar surface area (TPSA) is 115 Å². The SMILES string of the molecule is Cc1cccc(N2C(=O)NC(=O)/C(=C/c3cc(C)n(-c4ccc([N+](=O)[O-])cc4)c3C)C2=O)c1. The van der Waals surface area contributed by atoms with Crippen molar-refractivity contribution in [3.8, 4) is 5.69 Å². The van der Waals surface area contributed by atoms with Crippen LogP contribution in [0.25, 0.3) is 11.8 Å². The molecule has 2 heterocycles. The fraction of sp³-hybridized carbons (Fsp3) is 0.125. The van der Waals surface area contributed by atoms with E-state index >= 15 is 0 Å². The molecule has 1 saturated heterocycles. The fourth-order valence-corrected chi connectivity index (χ4v) is 3.87. The Balaban J connectivity index is 1.74. The highest BCUT2D eigenvalue weighted by Crippen LogP contribution is 2.27. The van der Waals surface area contributed by atoms with E-state index in [4.69, 9.17) is 0 Å². The minimum absolute atomic E-state index is 0.0195. The molecule has 0 atom stereocenters. The van der Waals surface area contributed by atoms with E-state index < -0.39 is 22.8 Å². The number of hydrogen-bond acceptors (Lipinski definition) is 5. The summed E-state index contributed by atoms with van der Waals surface area (Å²) in [5.41, 5.74) is 3.90. The molecule has 1 aliphatic rings. The molecule has 1 aliphatic heterocycles. The van der Waals surface area contributed by atoms with Gasteiger partial charge >= 0.3 is 6.03 Å². The average Bonchev–Trinajstić information content (AvgIpc) is 3.04. The van der Waals surface area contributed by atoms with Crippen molar-refractivity contribution in [3.63, 3.8) is 0 Å². The van der Waals surface area contributed by atoms with Gasteiger partial charge in [0.2, 0.25) is 0 Å². The summed E-state index contributed by atoms with van der Waals surface area (Å²) >= 11 is 0. The van der Waals surface area contributed by atoms with Gasteiger partial charge in [-0.3, -0.25) is 25.0 Å². The van der Waals surface area contributed by atoms with Crippen molar-refractivity contribution in [2.24, 2.45) is 0 Å². The van der Waals surface area contributed by atoms with Crippen LogP contribution in [0.15, 0.2) is 60.2 Å². The van der Waals surface area contributed by atoms with Gasteiger partial charge in [0, 0.05) is 29.2 Å². The van der Waals surface area contributed by atoms with Gasteiger partial charge in [0.25, 0.3) is 17.5 Å². The van der Waals surface area contributed by atoms with Crippen molar-refractivity contribution >= 4 is 35.3 Å². The number of nitro groups is 1. The minimum Gasteiger partial charge on any atom is -0.318 e. The van der Waals surface area contributed by atoms with Crippen molar-refractivity contribution in [1.82, 2.24) is 9.88 Å². The molecule has 0 bridgehead atoms. The third-order valence-corrected chi connectivity index (χ3v) is 5.45. The van der Waals surface area contributed by atoms with Crippen LogP contribution in [-0.2, 0) is 9.59 Å². The number of anilines is 1. The lowest BCUT2D eigenvalue weighted by molar-refractivity contribution is -0.384. The van der Waals surface area contributed by atoms with Crippen LogP contribution in [0.3, 0.4) is 0 Å². The number of hydrogen-bond donors (Lipinski definition) is 1. The summed E-state index contributed by atoms with van der Waals surface area (Å²) in [6.45, 7) is 5.50. The number of benzene rings is 2. The number of carbonyl (C=O) groups is 3. The van der Waals surface area contributed by atoms with Crippen LogP contribution in [0.4, 0.5) is 16.2 Å². The van der Waals surface area contributed by atoms with Gasteiger partial charge in [-0.2, -0.15) is 0 Å². The molecule has 1 fully saturated rings. The Kier molecular flexibility index (Phi) is 5.39. The number of nitro benzene ring substituents is 1. The number of rotatable bonds is 4. The summed E-state index contributed by atoms with van der Waals surface area (Å²) in [5.74, 6) is -1.48. The second-order valence-electron chi connectivity index (χ2n) is 7.73. The summed E-state index contributed by atoms with van der Waals surface area (Å²) in [5, 5.41) is 13.2. The normalized spacial score (nSPS) is 15.2. The van der Waals surface area contributed by atoms with Gasteiger partial charge in [0.05, 0.1) is 10.6 Å². The molecule has 0 radical (unpaired) electrons. The molecule has 0 unspecified atom stereocenters. The molecule has 9 nitrogen and oxygen atoms in total. The van der Waals surface area contributed by atoms with Gasteiger partial charge in [0.15, 0.2) is 0 Å². The smallest absolute Gasteiger partial charge is 0.318 e. The summed E-state index contributed by atoms with van der Waals surface area (Å²) in [4.78, 5) is 49.5. The maximum Gasteiger partial charge on any atom is 0.335 e. The predicted molar refractivity (Wildman–Crippen MR) is 122 cm³/mol. The van der Waals surface area contributed by atoms with Crippen LogP contribution in [0.1, 0.15) is 22.5 Å². The van der Waals surface area contributed by atoms with Gasteiger partial charge in [0.1, 0.15) is 5.57 Å². The largest absolute Gasteiger partial charge is 0.335 e. The highest BCUT2D eigenvalue weighted by molar-refractivity contribution is 6.39. The van der Waals surface area contributed by atoms with Crippen molar-refractivity contribution in [3.05, 3.63) is 92.8 Å². The zero-order valence-electron chi connectivity index (χ0n) is 18.2. The molecule has 9 heteroatoms. The van der Waals surface area contributed by atoms with E-state index in [2.05, 4.69) is 5.32 Å². The van der Waals surface area contributed by atoms with Gasteiger partial charge in [-0.05, 0) is 68.3 Å². The molecule has 0 saturated carbocycles. The minimum atomic E-state index is -0.802. The molecule has 4 amide bonds. The molecule has 3 aromatic rings. The zero-order chi connectivity index (χ0) is 23.9. The molecule has 1 N–H and O–H groups in total. The highest BCUT2D eigenvalue weighted by atomic mass is 16.6. The maximum absolute atomic E-state index is 13.1. The number of urea groups is 1. The Morgan fingerprint density at radius 1 is 0.939 bits per heavy atom. The Morgan fingerprint density at radius 3 is 2.27 bits per heavy atom. The number of nitrogens with one attached hydrogen (secondary N) is 1. The van der Waals surface area contributed by atoms with Crippen LogP contribution >= 0.6 is 0 Å². The van der Waals surface area contributed by atoms with Crippen LogP contribution < -0.4 is 10.2 Å². The predicted octanol–water partition coefficient (Wildman–Crippen LogP) is 3.98. The van der Waals surface area contributed by atoms with Crippen LogP contribution in [-0.4, -0.2) is 27.3 Å². The molecule has 1 aromatic heterocycles. The number of amides is 4. The van der Waals surface area contributed by atoms with Crippen LogP contribution in [0.2, 0.25) is 0 Å². The van der Waals surface area contributed by atoms with E-state index in [1.165, 1.54) is 18.2 Å². The van der Waals surface area contributed by atoms with E-state index in [1.54, 1.807) is 36.4 Å². The molecule has 166 valence electrons. The second kappa shape index (κ2) is 8.19. The summed E-state index contributed by atoms with van der Waals surface area (Å²) in [6.07, 6.45) is 1.46. The maximum atomic E-state index is 13.1. The molecule has 0 aliphatic carbocycles. The first-order valence-corrected chi connectivity index (χ1v) is 10.1. The number of nitrogens with zero attached hydrogens (tertiary/aromatic N) is 3.